The molecule has 4 rings (SSSR count). The highest BCUT2D eigenvalue weighted by atomic mass is 16.6. The van der Waals surface area contributed by atoms with E-state index in [1.165, 1.54) is 0 Å². The van der Waals surface area contributed by atoms with E-state index in [9.17, 15) is 19.5 Å². The van der Waals surface area contributed by atoms with Crippen LogP contribution in [-0.4, -0.2) is 46.9 Å². The number of carbonyl (C=O) groups is 3. The maximum Gasteiger partial charge on any atom is 0.334 e. The zero-order valence-corrected chi connectivity index (χ0v) is 15.9. The van der Waals surface area contributed by atoms with Crippen LogP contribution in [0.2, 0.25) is 0 Å². The zero-order chi connectivity index (χ0) is 19.7. The van der Waals surface area contributed by atoms with E-state index in [-0.39, 0.29) is 18.8 Å². The Morgan fingerprint density at radius 3 is 2.70 bits per heavy atom. The van der Waals surface area contributed by atoms with Crippen molar-refractivity contribution in [1.29, 1.82) is 0 Å². The predicted molar refractivity (Wildman–Crippen MR) is 92.1 cm³/mol. The van der Waals surface area contributed by atoms with Crippen molar-refractivity contribution < 1.29 is 33.7 Å². The summed E-state index contributed by atoms with van der Waals surface area (Å²) in [6, 6.07) is 0. The van der Waals surface area contributed by atoms with Gasteiger partial charge in [-0.1, -0.05) is 13.0 Å². The van der Waals surface area contributed by atoms with Gasteiger partial charge in [-0.2, -0.15) is 0 Å². The van der Waals surface area contributed by atoms with Crippen LogP contribution in [0.25, 0.3) is 0 Å². The van der Waals surface area contributed by atoms with Crippen molar-refractivity contribution in [2.24, 2.45) is 17.8 Å². The minimum Gasteiger partial charge on any atom is -0.461 e. The van der Waals surface area contributed by atoms with E-state index >= 15 is 0 Å². The fourth-order valence-electron chi connectivity index (χ4n) is 5.08. The van der Waals surface area contributed by atoms with Gasteiger partial charge in [-0.25, -0.2) is 9.59 Å². The second-order valence-electron chi connectivity index (χ2n) is 8.25. The van der Waals surface area contributed by atoms with Crippen LogP contribution in [0.3, 0.4) is 0 Å². The Labute approximate surface area is 157 Å². The maximum absolute atomic E-state index is 12.4. The van der Waals surface area contributed by atoms with Gasteiger partial charge in [-0.15, -0.1) is 0 Å². The quantitative estimate of drug-likeness (QED) is 0.442. The molecule has 2 aliphatic carbocycles. The van der Waals surface area contributed by atoms with E-state index in [4.69, 9.17) is 14.2 Å². The summed E-state index contributed by atoms with van der Waals surface area (Å²) in [5.41, 5.74) is 0.446. The van der Waals surface area contributed by atoms with Gasteiger partial charge in [0.2, 0.25) is 0 Å². The molecule has 7 heteroatoms. The van der Waals surface area contributed by atoms with Crippen LogP contribution in [0.1, 0.15) is 40.5 Å². The number of hydrogen-bond donors (Lipinski definition) is 1. The topological polar surface area (TPSA) is 99.1 Å². The molecular weight excluding hydrogens is 352 g/mol. The van der Waals surface area contributed by atoms with Crippen molar-refractivity contribution >= 4 is 17.9 Å². The summed E-state index contributed by atoms with van der Waals surface area (Å²) in [6.07, 6.45) is 0.237. The fraction of sp³-hybridized carbons (Fsp3) is 0.650. The number of esters is 3. The first-order valence-corrected chi connectivity index (χ1v) is 9.36. The predicted octanol–water partition coefficient (Wildman–Crippen LogP) is 1.44. The molecule has 2 fully saturated rings. The van der Waals surface area contributed by atoms with Crippen LogP contribution in [0.4, 0.5) is 0 Å². The Hall–Kier alpha value is -2.15. The second kappa shape index (κ2) is 5.92. The molecule has 0 amide bonds. The Bertz CT molecular complexity index is 790. The summed E-state index contributed by atoms with van der Waals surface area (Å²) in [5.74, 6) is -2.75. The van der Waals surface area contributed by atoms with Crippen LogP contribution in [-0.2, 0) is 28.6 Å². The van der Waals surface area contributed by atoms with Gasteiger partial charge in [0.1, 0.15) is 18.3 Å². The number of carbonyl (C=O) groups excluding carboxylic acids is 3. The van der Waals surface area contributed by atoms with E-state index in [0.29, 0.717) is 16.7 Å². The molecule has 0 aromatic heterocycles. The van der Waals surface area contributed by atoms with Gasteiger partial charge >= 0.3 is 17.9 Å². The standard InChI is InChI=1S/C20H24O7/c1-5-8(2)17(21)25-11-6-10-14-12(26-19(10)23)7-20(4,24)15(14)16-13(11)9(3)18(22)27-16/h5,9,11-13,15-16,24H,6-7H2,1-4H3/b8-5+/t9-,11-,12+,13-,15+,16+,20-/m1/s1. The van der Waals surface area contributed by atoms with E-state index in [1.807, 2.05) is 0 Å². The SMILES string of the molecule is C/C=C(\C)C(=O)O[C@@H]1CC2=C3[C@H](C[C@@](C)(O)[C@@H]3[C@H]3OC(=O)[C@H](C)[C@@H]31)OC2=O. The molecule has 2 heterocycles. The number of fused-ring (bicyclic) bond motifs is 2. The first kappa shape index (κ1) is 18.2. The van der Waals surface area contributed by atoms with Gasteiger partial charge in [-0.3, -0.25) is 4.79 Å². The van der Waals surface area contributed by atoms with Crippen molar-refractivity contribution in [2.75, 3.05) is 0 Å². The minimum atomic E-state index is -1.17. The zero-order valence-electron chi connectivity index (χ0n) is 15.9. The average Bonchev–Trinajstić information content (AvgIpc) is 3.08. The normalized spacial score (nSPS) is 43.1. The lowest BCUT2D eigenvalue weighted by Crippen LogP contribution is -2.44. The molecule has 146 valence electrons. The van der Waals surface area contributed by atoms with E-state index in [0.717, 1.165) is 0 Å². The van der Waals surface area contributed by atoms with Crippen LogP contribution in [0.15, 0.2) is 22.8 Å². The Balaban J connectivity index is 1.79. The van der Waals surface area contributed by atoms with Crippen LogP contribution in [0.5, 0.6) is 0 Å². The Kier molecular flexibility index (Phi) is 4.00. The lowest BCUT2D eigenvalue weighted by Gasteiger charge is -2.34. The minimum absolute atomic E-state index is 0.169. The number of hydrogen-bond acceptors (Lipinski definition) is 7. The first-order valence-electron chi connectivity index (χ1n) is 9.36. The van der Waals surface area contributed by atoms with E-state index in [2.05, 4.69) is 0 Å². The molecule has 7 atom stereocenters. The summed E-state index contributed by atoms with van der Waals surface area (Å²) in [7, 11) is 0. The third kappa shape index (κ3) is 2.55. The van der Waals surface area contributed by atoms with E-state index < -0.39 is 53.6 Å². The third-order valence-corrected chi connectivity index (χ3v) is 6.55. The number of allylic oxidation sites excluding steroid dienone is 1. The molecule has 0 radical (unpaired) electrons. The molecule has 0 aromatic rings. The second-order valence-corrected chi connectivity index (χ2v) is 8.25. The molecular formula is C20H24O7. The molecule has 0 spiro atoms. The lowest BCUT2D eigenvalue weighted by atomic mass is 9.77. The summed E-state index contributed by atoms with van der Waals surface area (Å²) in [6.45, 7) is 6.81. The molecule has 27 heavy (non-hydrogen) atoms. The van der Waals surface area contributed by atoms with Crippen molar-refractivity contribution in [3.05, 3.63) is 22.8 Å². The van der Waals surface area contributed by atoms with Gasteiger partial charge in [0.25, 0.3) is 0 Å². The van der Waals surface area contributed by atoms with Crippen molar-refractivity contribution in [1.82, 2.24) is 0 Å². The van der Waals surface area contributed by atoms with Gasteiger partial charge < -0.3 is 19.3 Å². The summed E-state index contributed by atoms with van der Waals surface area (Å²) in [4.78, 5) is 37.2. The maximum atomic E-state index is 12.4. The molecule has 1 saturated heterocycles. The monoisotopic (exact) mass is 376 g/mol. The highest BCUT2D eigenvalue weighted by molar-refractivity contribution is 5.94. The van der Waals surface area contributed by atoms with Gasteiger partial charge in [0.05, 0.1) is 17.4 Å². The van der Waals surface area contributed by atoms with Crippen molar-refractivity contribution in [3.8, 4) is 0 Å². The summed E-state index contributed by atoms with van der Waals surface area (Å²) in [5, 5.41) is 11.0. The molecule has 1 N–H and O–H groups in total. The average molecular weight is 376 g/mol. The lowest BCUT2D eigenvalue weighted by molar-refractivity contribution is -0.151. The van der Waals surface area contributed by atoms with E-state index in [1.54, 1.807) is 33.8 Å². The molecule has 2 aliphatic heterocycles. The Morgan fingerprint density at radius 1 is 1.33 bits per heavy atom. The number of aliphatic hydroxyl groups is 1. The molecule has 0 unspecified atom stereocenters. The van der Waals surface area contributed by atoms with Crippen LogP contribution >= 0.6 is 0 Å². The number of ether oxygens (including phenoxy) is 3. The number of rotatable bonds is 2. The largest absolute Gasteiger partial charge is 0.461 e. The summed E-state index contributed by atoms with van der Waals surface area (Å²) >= 11 is 0. The van der Waals surface area contributed by atoms with Crippen molar-refractivity contribution in [2.45, 2.75) is 64.4 Å². The summed E-state index contributed by atoms with van der Waals surface area (Å²) < 4.78 is 16.8. The van der Waals surface area contributed by atoms with Gasteiger partial charge in [0.15, 0.2) is 0 Å². The molecule has 7 nitrogen and oxygen atoms in total. The fourth-order valence-corrected chi connectivity index (χ4v) is 5.08. The van der Waals surface area contributed by atoms with Crippen LogP contribution < -0.4 is 0 Å². The smallest absolute Gasteiger partial charge is 0.334 e. The van der Waals surface area contributed by atoms with Crippen LogP contribution in [0, 0.1) is 17.8 Å². The molecule has 1 saturated carbocycles. The Morgan fingerprint density at radius 2 is 2.04 bits per heavy atom. The van der Waals surface area contributed by atoms with Gasteiger partial charge in [0, 0.05) is 29.9 Å². The van der Waals surface area contributed by atoms with Crippen molar-refractivity contribution in [3.63, 3.8) is 0 Å². The first-order chi connectivity index (χ1) is 12.7. The third-order valence-electron chi connectivity index (χ3n) is 6.55. The highest BCUT2D eigenvalue weighted by Crippen LogP contribution is 2.56. The molecule has 4 aliphatic rings. The molecule has 0 bridgehead atoms. The van der Waals surface area contributed by atoms with Gasteiger partial charge in [-0.05, 0) is 26.3 Å². The molecule has 0 aromatic carbocycles. The highest BCUT2D eigenvalue weighted by Gasteiger charge is 2.64.